The van der Waals surface area contributed by atoms with Crippen LogP contribution in [0.5, 0.6) is 0 Å². The van der Waals surface area contributed by atoms with Gasteiger partial charge in [-0.2, -0.15) is 0 Å². The number of benzene rings is 2. The largest absolute Gasteiger partial charge is 0.450 e. The van der Waals surface area contributed by atoms with Crippen LogP contribution < -0.4 is 10.3 Å². The lowest BCUT2D eigenvalue weighted by atomic mass is 9.98. The summed E-state index contributed by atoms with van der Waals surface area (Å²) in [5.41, 5.74) is 2.25. The number of nitrogens with zero attached hydrogens (tertiary/aromatic N) is 2. The Morgan fingerprint density at radius 2 is 1.80 bits per heavy atom. The highest BCUT2D eigenvalue weighted by Gasteiger charge is 2.44. The van der Waals surface area contributed by atoms with Crippen LogP contribution in [0.4, 0.5) is 5.82 Å². The molecule has 7 heteroatoms. The molecule has 5 nitrogen and oxygen atoms in total. The molecule has 0 spiro atoms. The van der Waals surface area contributed by atoms with Crippen LogP contribution in [0, 0.1) is 6.92 Å². The van der Waals surface area contributed by atoms with Crippen LogP contribution in [-0.4, -0.2) is 10.9 Å². The second-order valence-electron chi connectivity index (χ2n) is 7.14. The molecule has 0 N–H and O–H groups in total. The van der Waals surface area contributed by atoms with Gasteiger partial charge in [-0.05, 0) is 54.4 Å². The van der Waals surface area contributed by atoms with Crippen molar-refractivity contribution in [2.24, 2.45) is 0 Å². The Morgan fingerprint density at radius 3 is 2.53 bits per heavy atom. The standard InChI is InChI=1S/C23H14Br2N2O3/c1-12-5-8-18(26-11-12)27-20(13-3-2-4-14(24)9-13)19-21(28)16-10-15(25)6-7-17(16)30-22(19)23(27)29/h2-11,20H,1H3. The first-order valence-corrected chi connectivity index (χ1v) is 10.8. The topological polar surface area (TPSA) is 63.4 Å². The molecule has 2 aromatic carbocycles. The van der Waals surface area contributed by atoms with Crippen LogP contribution in [-0.2, 0) is 0 Å². The number of aromatic nitrogens is 1. The summed E-state index contributed by atoms with van der Waals surface area (Å²) in [6.45, 7) is 1.93. The van der Waals surface area contributed by atoms with E-state index >= 15 is 0 Å². The number of carbonyl (C=O) groups excluding carboxylic acids is 1. The molecule has 1 amide bonds. The van der Waals surface area contributed by atoms with Gasteiger partial charge in [-0.1, -0.05) is 50.1 Å². The Morgan fingerprint density at radius 1 is 1.00 bits per heavy atom. The highest BCUT2D eigenvalue weighted by molar-refractivity contribution is 9.10. The highest BCUT2D eigenvalue weighted by atomic mass is 79.9. The predicted molar refractivity (Wildman–Crippen MR) is 122 cm³/mol. The number of rotatable bonds is 2. The summed E-state index contributed by atoms with van der Waals surface area (Å²) < 4.78 is 7.58. The van der Waals surface area contributed by atoms with Crippen molar-refractivity contribution in [3.63, 3.8) is 0 Å². The predicted octanol–water partition coefficient (Wildman–Crippen LogP) is 5.77. The molecule has 3 heterocycles. The van der Waals surface area contributed by atoms with Crippen molar-refractivity contribution in [3.05, 3.63) is 102 Å². The zero-order valence-corrected chi connectivity index (χ0v) is 18.9. The zero-order valence-electron chi connectivity index (χ0n) is 15.7. The summed E-state index contributed by atoms with van der Waals surface area (Å²) in [5.74, 6) is 0.141. The van der Waals surface area contributed by atoms with Gasteiger partial charge in [0.05, 0.1) is 17.0 Å². The zero-order chi connectivity index (χ0) is 21.0. The van der Waals surface area contributed by atoms with Gasteiger partial charge in [-0.3, -0.25) is 14.5 Å². The number of anilines is 1. The van der Waals surface area contributed by atoms with Crippen molar-refractivity contribution in [1.29, 1.82) is 0 Å². The Balaban J connectivity index is 1.83. The average molecular weight is 526 g/mol. The summed E-state index contributed by atoms with van der Waals surface area (Å²) in [7, 11) is 0. The number of fused-ring (bicyclic) bond motifs is 2. The molecule has 0 saturated heterocycles. The Labute approximate surface area is 188 Å². The van der Waals surface area contributed by atoms with Crippen molar-refractivity contribution in [3.8, 4) is 0 Å². The molecular weight excluding hydrogens is 512 g/mol. The van der Waals surface area contributed by atoms with Gasteiger partial charge in [-0.25, -0.2) is 4.98 Å². The molecule has 0 fully saturated rings. The number of aryl methyl sites for hydroxylation is 1. The van der Waals surface area contributed by atoms with Crippen molar-refractivity contribution >= 4 is 54.6 Å². The molecule has 148 valence electrons. The smallest absolute Gasteiger partial charge is 0.296 e. The molecular formula is C23H14Br2N2O3. The monoisotopic (exact) mass is 524 g/mol. The fourth-order valence-electron chi connectivity index (χ4n) is 3.78. The maximum atomic E-state index is 13.5. The normalized spacial score (nSPS) is 15.6. The third-order valence-corrected chi connectivity index (χ3v) is 6.13. The first-order valence-electron chi connectivity index (χ1n) is 9.22. The van der Waals surface area contributed by atoms with E-state index in [1.54, 1.807) is 30.5 Å². The molecule has 30 heavy (non-hydrogen) atoms. The van der Waals surface area contributed by atoms with E-state index in [9.17, 15) is 9.59 Å². The van der Waals surface area contributed by atoms with Gasteiger partial charge >= 0.3 is 0 Å². The molecule has 0 radical (unpaired) electrons. The van der Waals surface area contributed by atoms with E-state index < -0.39 is 6.04 Å². The second kappa shape index (κ2) is 7.18. The summed E-state index contributed by atoms with van der Waals surface area (Å²) >= 11 is 6.90. The first kappa shape index (κ1) is 19.2. The summed E-state index contributed by atoms with van der Waals surface area (Å²) in [6.07, 6.45) is 1.70. The van der Waals surface area contributed by atoms with E-state index in [0.717, 1.165) is 20.1 Å². The summed E-state index contributed by atoms with van der Waals surface area (Å²) in [6, 6.07) is 15.8. The van der Waals surface area contributed by atoms with Crippen LogP contribution in [0.3, 0.4) is 0 Å². The van der Waals surface area contributed by atoms with Gasteiger partial charge in [0.1, 0.15) is 11.4 Å². The molecule has 0 bridgehead atoms. The van der Waals surface area contributed by atoms with E-state index in [2.05, 4.69) is 36.8 Å². The Bertz CT molecular complexity index is 1380. The molecule has 2 aromatic heterocycles. The van der Waals surface area contributed by atoms with Gasteiger partial charge in [0.2, 0.25) is 5.76 Å². The average Bonchev–Trinajstić information content (AvgIpc) is 3.02. The van der Waals surface area contributed by atoms with Gasteiger partial charge in [0.15, 0.2) is 5.43 Å². The SMILES string of the molecule is Cc1ccc(N2C(=O)c3oc4ccc(Br)cc4c(=O)c3C2c2cccc(Br)c2)nc1. The minimum absolute atomic E-state index is 0.0576. The fourth-order valence-corrected chi connectivity index (χ4v) is 4.55. The quantitative estimate of drug-likeness (QED) is 0.333. The van der Waals surface area contributed by atoms with Crippen LogP contribution >= 0.6 is 31.9 Å². The number of amides is 1. The molecule has 1 atom stereocenters. The highest BCUT2D eigenvalue weighted by Crippen LogP contribution is 2.41. The molecule has 0 aliphatic carbocycles. The Kier molecular flexibility index (Phi) is 4.60. The number of hydrogen-bond donors (Lipinski definition) is 0. The van der Waals surface area contributed by atoms with Crippen LogP contribution in [0.2, 0.25) is 0 Å². The molecule has 4 aromatic rings. The number of carbonyl (C=O) groups is 1. The molecule has 5 rings (SSSR count). The van der Waals surface area contributed by atoms with Gasteiger partial charge in [0, 0.05) is 15.1 Å². The maximum Gasteiger partial charge on any atom is 0.296 e. The van der Waals surface area contributed by atoms with Crippen molar-refractivity contribution in [2.75, 3.05) is 4.90 Å². The minimum atomic E-state index is -0.639. The lowest BCUT2D eigenvalue weighted by Crippen LogP contribution is -2.30. The van der Waals surface area contributed by atoms with E-state index in [1.165, 1.54) is 4.90 Å². The van der Waals surface area contributed by atoms with Crippen molar-refractivity contribution in [2.45, 2.75) is 13.0 Å². The summed E-state index contributed by atoms with van der Waals surface area (Å²) in [4.78, 5) is 33.0. The third kappa shape index (κ3) is 3.00. The van der Waals surface area contributed by atoms with Gasteiger partial charge < -0.3 is 4.42 Å². The van der Waals surface area contributed by atoms with E-state index in [4.69, 9.17) is 4.42 Å². The first-order chi connectivity index (χ1) is 14.4. The van der Waals surface area contributed by atoms with Crippen LogP contribution in [0.1, 0.15) is 33.3 Å². The van der Waals surface area contributed by atoms with E-state index in [0.29, 0.717) is 22.4 Å². The molecule has 1 aliphatic rings. The molecule has 0 saturated carbocycles. The number of halogens is 2. The van der Waals surface area contributed by atoms with Gasteiger partial charge in [0.25, 0.3) is 5.91 Å². The van der Waals surface area contributed by atoms with Crippen LogP contribution in [0.25, 0.3) is 11.0 Å². The lowest BCUT2D eigenvalue weighted by Gasteiger charge is -2.24. The minimum Gasteiger partial charge on any atom is -0.450 e. The number of pyridine rings is 1. The van der Waals surface area contributed by atoms with Crippen LogP contribution in [0.15, 0.2) is 79.0 Å². The number of hydrogen-bond acceptors (Lipinski definition) is 4. The van der Waals surface area contributed by atoms with Crippen molar-refractivity contribution in [1.82, 2.24) is 4.98 Å². The third-order valence-electron chi connectivity index (χ3n) is 5.14. The maximum absolute atomic E-state index is 13.5. The van der Waals surface area contributed by atoms with E-state index in [1.807, 2.05) is 37.3 Å². The fraction of sp³-hybridized carbons (Fsp3) is 0.0870. The second-order valence-corrected chi connectivity index (χ2v) is 8.97. The lowest BCUT2D eigenvalue weighted by molar-refractivity contribution is 0.0970. The molecule has 1 unspecified atom stereocenters. The summed E-state index contributed by atoms with van der Waals surface area (Å²) in [5, 5.41) is 0.426. The Hall–Kier alpha value is -2.77. The van der Waals surface area contributed by atoms with Gasteiger partial charge in [-0.15, -0.1) is 0 Å². The molecule has 1 aliphatic heterocycles. The van der Waals surface area contributed by atoms with E-state index in [-0.39, 0.29) is 17.1 Å². The van der Waals surface area contributed by atoms with Crippen molar-refractivity contribution < 1.29 is 9.21 Å².